The van der Waals surface area contributed by atoms with Gasteiger partial charge in [0.15, 0.2) is 0 Å². The van der Waals surface area contributed by atoms with Crippen LogP contribution in [-0.2, 0) is 0 Å². The SMILES string of the molecule is CC#CCCC(O)c1coc(C)c1. The summed E-state index contributed by atoms with van der Waals surface area (Å²) in [7, 11) is 0. The molecule has 0 fully saturated rings. The van der Waals surface area contributed by atoms with Gasteiger partial charge in [-0.05, 0) is 26.3 Å². The quantitative estimate of drug-likeness (QED) is 0.721. The average molecular weight is 178 g/mol. The summed E-state index contributed by atoms with van der Waals surface area (Å²) in [5.41, 5.74) is 0.843. The molecule has 0 aromatic carbocycles. The van der Waals surface area contributed by atoms with Crippen molar-refractivity contribution in [2.24, 2.45) is 0 Å². The van der Waals surface area contributed by atoms with Gasteiger partial charge in [0, 0.05) is 12.0 Å². The lowest BCUT2D eigenvalue weighted by molar-refractivity contribution is 0.168. The third-order valence-corrected chi connectivity index (χ3v) is 1.86. The van der Waals surface area contributed by atoms with E-state index in [-0.39, 0.29) is 0 Å². The molecule has 2 nitrogen and oxygen atoms in total. The zero-order valence-corrected chi connectivity index (χ0v) is 8.00. The Hall–Kier alpha value is -1.20. The largest absolute Gasteiger partial charge is 0.469 e. The zero-order chi connectivity index (χ0) is 9.68. The summed E-state index contributed by atoms with van der Waals surface area (Å²) in [5, 5.41) is 9.63. The molecular formula is C11H14O2. The van der Waals surface area contributed by atoms with Crippen LogP contribution in [0.15, 0.2) is 16.7 Å². The lowest BCUT2D eigenvalue weighted by atomic mass is 10.1. The van der Waals surface area contributed by atoms with E-state index in [9.17, 15) is 5.11 Å². The van der Waals surface area contributed by atoms with Gasteiger partial charge in [-0.15, -0.1) is 11.8 Å². The van der Waals surface area contributed by atoms with E-state index in [0.717, 1.165) is 17.7 Å². The van der Waals surface area contributed by atoms with Crippen LogP contribution in [0.2, 0.25) is 0 Å². The fourth-order valence-electron chi connectivity index (χ4n) is 1.14. The average Bonchev–Trinajstić information content (AvgIpc) is 2.52. The molecule has 0 amide bonds. The summed E-state index contributed by atoms with van der Waals surface area (Å²) in [4.78, 5) is 0. The van der Waals surface area contributed by atoms with Crippen LogP contribution in [0, 0.1) is 18.8 Å². The molecule has 0 aliphatic rings. The molecule has 0 aliphatic carbocycles. The number of aliphatic hydroxyl groups is 1. The van der Waals surface area contributed by atoms with E-state index in [0.29, 0.717) is 6.42 Å². The number of rotatable bonds is 3. The molecule has 0 bridgehead atoms. The van der Waals surface area contributed by atoms with Crippen LogP contribution in [0.25, 0.3) is 0 Å². The second-order valence-electron chi connectivity index (χ2n) is 2.97. The monoisotopic (exact) mass is 178 g/mol. The number of aliphatic hydroxyl groups excluding tert-OH is 1. The van der Waals surface area contributed by atoms with Crippen molar-refractivity contribution in [2.45, 2.75) is 32.8 Å². The van der Waals surface area contributed by atoms with Gasteiger partial charge in [-0.1, -0.05) is 0 Å². The van der Waals surface area contributed by atoms with Gasteiger partial charge in [0.05, 0.1) is 12.4 Å². The molecule has 1 aromatic rings. The van der Waals surface area contributed by atoms with Crippen LogP contribution >= 0.6 is 0 Å². The van der Waals surface area contributed by atoms with Crippen molar-refractivity contribution in [3.05, 3.63) is 23.7 Å². The van der Waals surface area contributed by atoms with Crippen molar-refractivity contribution in [2.75, 3.05) is 0 Å². The summed E-state index contributed by atoms with van der Waals surface area (Å²) >= 11 is 0. The van der Waals surface area contributed by atoms with Crippen molar-refractivity contribution in [1.29, 1.82) is 0 Å². The first-order chi connectivity index (χ1) is 6.24. The summed E-state index contributed by atoms with van der Waals surface area (Å²) in [6.07, 6.45) is 2.54. The predicted molar refractivity (Wildman–Crippen MR) is 51.1 cm³/mol. The first-order valence-electron chi connectivity index (χ1n) is 4.36. The summed E-state index contributed by atoms with van der Waals surface area (Å²) < 4.78 is 5.10. The van der Waals surface area contributed by atoms with Gasteiger partial charge in [-0.2, -0.15) is 0 Å². The van der Waals surface area contributed by atoms with Crippen LogP contribution in [-0.4, -0.2) is 5.11 Å². The highest BCUT2D eigenvalue weighted by Gasteiger charge is 2.08. The smallest absolute Gasteiger partial charge is 0.101 e. The van der Waals surface area contributed by atoms with Crippen LogP contribution in [0.3, 0.4) is 0 Å². The topological polar surface area (TPSA) is 33.4 Å². The van der Waals surface area contributed by atoms with Crippen molar-refractivity contribution < 1.29 is 9.52 Å². The summed E-state index contributed by atoms with van der Waals surface area (Å²) in [5.74, 6) is 6.54. The van der Waals surface area contributed by atoms with Crippen molar-refractivity contribution in [1.82, 2.24) is 0 Å². The first-order valence-corrected chi connectivity index (χ1v) is 4.36. The van der Waals surface area contributed by atoms with E-state index in [1.165, 1.54) is 0 Å². The summed E-state index contributed by atoms with van der Waals surface area (Å²) in [6.45, 7) is 3.66. The Morgan fingerprint density at radius 1 is 1.62 bits per heavy atom. The molecule has 0 aliphatic heterocycles. The Bertz CT molecular complexity index is 314. The molecule has 0 saturated heterocycles. The molecule has 2 heteroatoms. The molecule has 1 unspecified atom stereocenters. The third-order valence-electron chi connectivity index (χ3n) is 1.86. The maximum absolute atomic E-state index is 9.63. The highest BCUT2D eigenvalue weighted by Crippen LogP contribution is 2.19. The lowest BCUT2D eigenvalue weighted by Gasteiger charge is -2.03. The maximum atomic E-state index is 9.63. The number of furan rings is 1. The normalized spacial score (nSPS) is 11.9. The molecule has 0 radical (unpaired) electrons. The third kappa shape index (κ3) is 2.96. The van der Waals surface area contributed by atoms with Gasteiger partial charge < -0.3 is 9.52 Å². The standard InChI is InChI=1S/C11H14O2/c1-3-4-5-6-11(12)10-7-9(2)13-8-10/h7-8,11-12H,5-6H2,1-2H3. The molecule has 0 spiro atoms. The minimum atomic E-state index is -0.446. The Morgan fingerprint density at radius 2 is 2.38 bits per heavy atom. The van der Waals surface area contributed by atoms with Gasteiger partial charge >= 0.3 is 0 Å². The van der Waals surface area contributed by atoms with Gasteiger partial charge in [-0.3, -0.25) is 0 Å². The van der Waals surface area contributed by atoms with E-state index in [4.69, 9.17) is 4.42 Å². The molecule has 0 saturated carbocycles. The van der Waals surface area contributed by atoms with Crippen LogP contribution in [0.5, 0.6) is 0 Å². The van der Waals surface area contributed by atoms with Gasteiger partial charge in [-0.25, -0.2) is 0 Å². The fraction of sp³-hybridized carbons (Fsp3) is 0.455. The number of aryl methyl sites for hydroxylation is 1. The van der Waals surface area contributed by atoms with Crippen molar-refractivity contribution in [3.8, 4) is 11.8 Å². The van der Waals surface area contributed by atoms with Gasteiger partial charge in [0.25, 0.3) is 0 Å². The number of hydrogen-bond donors (Lipinski definition) is 1. The maximum Gasteiger partial charge on any atom is 0.101 e. The fourth-order valence-corrected chi connectivity index (χ4v) is 1.14. The molecule has 70 valence electrons. The predicted octanol–water partition coefficient (Wildman–Crippen LogP) is 2.42. The van der Waals surface area contributed by atoms with Gasteiger partial charge in [0.1, 0.15) is 5.76 Å². The molecule has 1 atom stereocenters. The molecule has 13 heavy (non-hydrogen) atoms. The second-order valence-corrected chi connectivity index (χ2v) is 2.97. The molecule has 1 rings (SSSR count). The van der Waals surface area contributed by atoms with Crippen LogP contribution in [0.1, 0.15) is 37.2 Å². The Balaban J connectivity index is 2.47. The molecule has 1 heterocycles. The van der Waals surface area contributed by atoms with E-state index in [2.05, 4.69) is 11.8 Å². The second kappa shape index (κ2) is 4.74. The minimum absolute atomic E-state index is 0.446. The Morgan fingerprint density at radius 3 is 2.92 bits per heavy atom. The first kappa shape index (κ1) is 9.88. The highest BCUT2D eigenvalue weighted by atomic mass is 16.3. The summed E-state index contributed by atoms with van der Waals surface area (Å²) in [6, 6.07) is 1.85. The zero-order valence-electron chi connectivity index (χ0n) is 8.00. The molecular weight excluding hydrogens is 164 g/mol. The molecule has 1 N–H and O–H groups in total. The number of hydrogen-bond acceptors (Lipinski definition) is 2. The van der Waals surface area contributed by atoms with E-state index >= 15 is 0 Å². The van der Waals surface area contributed by atoms with Crippen LogP contribution < -0.4 is 0 Å². The highest BCUT2D eigenvalue weighted by molar-refractivity contribution is 5.14. The van der Waals surface area contributed by atoms with E-state index in [1.807, 2.05) is 13.0 Å². The van der Waals surface area contributed by atoms with Gasteiger partial charge in [0.2, 0.25) is 0 Å². The lowest BCUT2D eigenvalue weighted by Crippen LogP contribution is -1.94. The van der Waals surface area contributed by atoms with Crippen LogP contribution in [0.4, 0.5) is 0 Å². The Kier molecular flexibility index (Phi) is 3.60. The van der Waals surface area contributed by atoms with E-state index in [1.54, 1.807) is 13.2 Å². The molecule has 1 aromatic heterocycles. The van der Waals surface area contributed by atoms with Crippen molar-refractivity contribution >= 4 is 0 Å². The van der Waals surface area contributed by atoms with Crippen molar-refractivity contribution in [3.63, 3.8) is 0 Å². The minimum Gasteiger partial charge on any atom is -0.469 e. The van der Waals surface area contributed by atoms with E-state index < -0.39 is 6.10 Å². The Labute approximate surface area is 78.6 Å².